The van der Waals surface area contributed by atoms with Gasteiger partial charge in [-0.2, -0.15) is 0 Å². The quantitative estimate of drug-likeness (QED) is 0.275. The van der Waals surface area contributed by atoms with E-state index in [2.05, 4.69) is 29.0 Å². The van der Waals surface area contributed by atoms with Crippen molar-refractivity contribution in [2.24, 2.45) is 5.11 Å². The number of hydrogen-bond donors (Lipinski definition) is 0. The second-order valence-electron chi connectivity index (χ2n) is 4.05. The Kier molecular flexibility index (Phi) is 3.54. The lowest BCUT2D eigenvalue weighted by Crippen LogP contribution is -2.57. The van der Waals surface area contributed by atoms with Gasteiger partial charge < -0.3 is 4.48 Å². The summed E-state index contributed by atoms with van der Waals surface area (Å²) in [5.41, 5.74) is 8.16. The van der Waals surface area contributed by atoms with E-state index in [1.165, 1.54) is 0 Å². The van der Waals surface area contributed by atoms with Crippen molar-refractivity contribution < 1.29 is 4.48 Å². The summed E-state index contributed by atoms with van der Waals surface area (Å²) in [7, 11) is 4.39. The first-order valence-electron chi connectivity index (χ1n) is 4.69. The average molecular weight is 184 g/mol. The molecule has 0 saturated carbocycles. The lowest BCUT2D eigenvalue weighted by Gasteiger charge is -2.40. The molecule has 0 aromatic heterocycles. The van der Waals surface area contributed by atoms with Crippen LogP contribution in [0.1, 0.15) is 0 Å². The van der Waals surface area contributed by atoms with Gasteiger partial charge >= 0.3 is 0 Å². The molecule has 0 atom stereocenters. The van der Waals surface area contributed by atoms with Crippen molar-refractivity contribution in [1.29, 1.82) is 0 Å². The summed E-state index contributed by atoms with van der Waals surface area (Å²) in [4.78, 5) is 5.11. The Morgan fingerprint density at radius 1 is 1.46 bits per heavy atom. The predicted octanol–water partition coefficient (Wildman–Crippen LogP) is 0.689. The number of rotatable bonds is 3. The minimum atomic E-state index is 0.622. The van der Waals surface area contributed by atoms with Crippen LogP contribution in [0.5, 0.6) is 0 Å². The van der Waals surface area contributed by atoms with Gasteiger partial charge in [0, 0.05) is 18.0 Å². The second-order valence-corrected chi connectivity index (χ2v) is 4.05. The summed E-state index contributed by atoms with van der Waals surface area (Å²) in [5.74, 6) is 0. The van der Waals surface area contributed by atoms with E-state index < -0.39 is 0 Å². The largest absolute Gasteiger partial charge is 0.324 e. The van der Waals surface area contributed by atoms with E-state index in [9.17, 15) is 0 Å². The highest BCUT2D eigenvalue weighted by Crippen LogP contribution is 2.07. The van der Waals surface area contributed by atoms with E-state index in [1.54, 1.807) is 0 Å². The minimum Gasteiger partial charge on any atom is -0.324 e. The standard InChI is InChI=1S/C8H18N5/c1-12-4-7-13(2,8-5-12)6-3-10-11-9/h3-8H2,1-2H3/q+1. The molecule has 74 valence electrons. The van der Waals surface area contributed by atoms with Crippen LogP contribution in [0.25, 0.3) is 10.4 Å². The zero-order valence-corrected chi connectivity index (χ0v) is 8.48. The molecule has 5 heteroatoms. The van der Waals surface area contributed by atoms with Crippen molar-refractivity contribution in [2.75, 3.05) is 53.4 Å². The first kappa shape index (κ1) is 10.3. The second kappa shape index (κ2) is 4.46. The smallest absolute Gasteiger partial charge is 0.0914 e. The molecule has 0 amide bonds. The van der Waals surface area contributed by atoms with Crippen LogP contribution in [-0.2, 0) is 0 Å². The van der Waals surface area contributed by atoms with Crippen LogP contribution in [0.3, 0.4) is 0 Å². The molecule has 0 aromatic carbocycles. The Hall–Kier alpha value is -0.770. The Morgan fingerprint density at radius 2 is 2.08 bits per heavy atom. The van der Waals surface area contributed by atoms with Crippen molar-refractivity contribution in [2.45, 2.75) is 0 Å². The first-order valence-corrected chi connectivity index (χ1v) is 4.69. The number of nitrogens with zero attached hydrogens (tertiary/aromatic N) is 5. The molecule has 0 bridgehead atoms. The summed E-state index contributed by atoms with van der Waals surface area (Å²) in [6, 6.07) is 0. The van der Waals surface area contributed by atoms with Crippen molar-refractivity contribution in [3.8, 4) is 0 Å². The highest BCUT2D eigenvalue weighted by molar-refractivity contribution is 4.59. The fraction of sp³-hybridized carbons (Fsp3) is 1.00. The maximum absolute atomic E-state index is 8.16. The van der Waals surface area contributed by atoms with Gasteiger partial charge in [-0.3, -0.25) is 4.90 Å². The molecule has 1 fully saturated rings. The van der Waals surface area contributed by atoms with Crippen LogP contribution >= 0.6 is 0 Å². The highest BCUT2D eigenvalue weighted by Gasteiger charge is 2.25. The van der Waals surface area contributed by atoms with E-state index >= 15 is 0 Å². The molecule has 1 saturated heterocycles. The topological polar surface area (TPSA) is 52.0 Å². The average Bonchev–Trinajstić information content (AvgIpc) is 2.12. The molecule has 0 radical (unpaired) electrons. The fourth-order valence-electron chi connectivity index (χ4n) is 1.60. The van der Waals surface area contributed by atoms with E-state index in [0.29, 0.717) is 6.54 Å². The monoisotopic (exact) mass is 184 g/mol. The molecule has 0 unspecified atom stereocenters. The van der Waals surface area contributed by atoms with Gasteiger partial charge in [0.2, 0.25) is 0 Å². The normalized spacial score (nSPS) is 22.3. The van der Waals surface area contributed by atoms with Gasteiger partial charge in [0.05, 0.1) is 33.2 Å². The molecule has 5 nitrogen and oxygen atoms in total. The number of likely N-dealkylation sites (N-methyl/N-ethyl adjacent to an activating group) is 2. The third kappa shape index (κ3) is 3.22. The molecule has 1 aliphatic rings. The SMILES string of the molecule is CN1CC[N+](C)(CCN=[N+]=[N-])CC1. The molecule has 0 N–H and O–H groups in total. The number of hydrogen-bond acceptors (Lipinski definition) is 2. The Balaban J connectivity index is 2.33. The molecule has 1 aliphatic heterocycles. The van der Waals surface area contributed by atoms with Crippen LogP contribution in [-0.4, -0.2) is 62.7 Å². The van der Waals surface area contributed by atoms with Crippen LogP contribution in [0.2, 0.25) is 0 Å². The number of azide groups is 1. The summed E-state index contributed by atoms with van der Waals surface area (Å²) < 4.78 is 1.04. The molecule has 1 heterocycles. The van der Waals surface area contributed by atoms with E-state index in [-0.39, 0.29) is 0 Å². The third-order valence-corrected chi connectivity index (χ3v) is 2.85. The Labute approximate surface area is 79.2 Å². The molecular formula is C8H18N5+. The third-order valence-electron chi connectivity index (χ3n) is 2.85. The van der Waals surface area contributed by atoms with Gasteiger partial charge in [0.15, 0.2) is 0 Å². The van der Waals surface area contributed by atoms with Crippen LogP contribution in [0.15, 0.2) is 5.11 Å². The fourth-order valence-corrected chi connectivity index (χ4v) is 1.60. The highest BCUT2D eigenvalue weighted by atomic mass is 15.4. The molecule has 1 rings (SSSR count). The summed E-state index contributed by atoms with van der Waals surface area (Å²) in [5, 5.41) is 3.58. The van der Waals surface area contributed by atoms with Crippen molar-refractivity contribution in [1.82, 2.24) is 4.90 Å². The summed E-state index contributed by atoms with van der Waals surface area (Å²) in [6.45, 7) is 6.21. The Bertz CT molecular complexity index is 201. The van der Waals surface area contributed by atoms with Crippen molar-refractivity contribution in [3.05, 3.63) is 10.4 Å². The zero-order valence-electron chi connectivity index (χ0n) is 8.48. The van der Waals surface area contributed by atoms with Crippen molar-refractivity contribution >= 4 is 0 Å². The lowest BCUT2D eigenvalue weighted by atomic mass is 10.3. The van der Waals surface area contributed by atoms with E-state index in [1.807, 2.05) is 0 Å². The van der Waals surface area contributed by atoms with Crippen LogP contribution in [0, 0.1) is 0 Å². The van der Waals surface area contributed by atoms with Gasteiger partial charge in [0.1, 0.15) is 0 Å². The summed E-state index contributed by atoms with van der Waals surface area (Å²) in [6.07, 6.45) is 0. The van der Waals surface area contributed by atoms with Crippen LogP contribution < -0.4 is 0 Å². The van der Waals surface area contributed by atoms with Gasteiger partial charge in [-0.25, -0.2) is 0 Å². The van der Waals surface area contributed by atoms with Gasteiger partial charge in [-0.1, -0.05) is 5.11 Å². The van der Waals surface area contributed by atoms with Crippen LogP contribution in [0.4, 0.5) is 0 Å². The first-order chi connectivity index (χ1) is 6.16. The molecule has 13 heavy (non-hydrogen) atoms. The Morgan fingerprint density at radius 3 is 2.62 bits per heavy atom. The zero-order chi connectivity index (χ0) is 9.73. The maximum atomic E-state index is 8.16. The minimum absolute atomic E-state index is 0.622. The molecule has 0 spiro atoms. The van der Waals surface area contributed by atoms with E-state index in [0.717, 1.165) is 37.2 Å². The molecule has 0 aliphatic carbocycles. The molecular weight excluding hydrogens is 166 g/mol. The maximum Gasteiger partial charge on any atom is 0.0914 e. The van der Waals surface area contributed by atoms with Gasteiger partial charge in [-0.05, 0) is 12.6 Å². The number of quaternary nitrogens is 1. The number of piperazine rings is 1. The van der Waals surface area contributed by atoms with Crippen molar-refractivity contribution in [3.63, 3.8) is 0 Å². The molecule has 0 aromatic rings. The lowest BCUT2D eigenvalue weighted by molar-refractivity contribution is -0.912. The van der Waals surface area contributed by atoms with Gasteiger partial charge in [-0.15, -0.1) is 0 Å². The summed E-state index contributed by atoms with van der Waals surface area (Å²) >= 11 is 0. The van der Waals surface area contributed by atoms with Gasteiger partial charge in [0.25, 0.3) is 0 Å². The van der Waals surface area contributed by atoms with E-state index in [4.69, 9.17) is 5.53 Å². The predicted molar refractivity (Wildman–Crippen MR) is 52.3 cm³/mol.